The minimum absolute atomic E-state index is 0.0350. The van der Waals surface area contributed by atoms with E-state index >= 15 is 0 Å². The molecule has 0 amide bonds. The average molecular weight is 523 g/mol. The molecule has 10 nitrogen and oxygen atoms in total. The molecule has 2 aliphatic rings. The van der Waals surface area contributed by atoms with E-state index < -0.39 is 18.6 Å². The molecule has 0 spiro atoms. The van der Waals surface area contributed by atoms with E-state index in [0.29, 0.717) is 50.4 Å². The Labute approximate surface area is 209 Å². The molecule has 0 radical (unpaired) electrons. The summed E-state index contributed by atoms with van der Waals surface area (Å²) < 4.78 is 68.7. The fourth-order valence-electron chi connectivity index (χ4n) is 4.21. The quantitative estimate of drug-likeness (QED) is 0.452. The molecule has 4 heterocycles. The number of nitrogens with one attached hydrogen (secondary N) is 1. The zero-order chi connectivity index (χ0) is 26.0. The van der Waals surface area contributed by atoms with Gasteiger partial charge >= 0.3 is 6.36 Å². The first-order valence-electron chi connectivity index (χ1n) is 11.6. The predicted molar refractivity (Wildman–Crippen MR) is 124 cm³/mol. The van der Waals surface area contributed by atoms with Crippen molar-refractivity contribution in [2.75, 3.05) is 30.3 Å². The van der Waals surface area contributed by atoms with Crippen LogP contribution < -0.4 is 30.2 Å². The summed E-state index contributed by atoms with van der Waals surface area (Å²) in [6, 6.07) is 5.47. The van der Waals surface area contributed by atoms with Gasteiger partial charge in [-0.2, -0.15) is 4.98 Å². The zero-order valence-electron chi connectivity index (χ0n) is 19.6. The van der Waals surface area contributed by atoms with Gasteiger partial charge in [-0.3, -0.25) is 4.57 Å². The van der Waals surface area contributed by atoms with Gasteiger partial charge in [-0.25, -0.2) is 14.4 Å². The smallest absolute Gasteiger partial charge is 0.487 e. The number of fused-ring (bicyclic) bond motifs is 1. The second-order valence-corrected chi connectivity index (χ2v) is 8.81. The maximum absolute atomic E-state index is 14.9. The molecular weight excluding hydrogens is 498 g/mol. The molecule has 198 valence electrons. The number of nitrogens with zero attached hydrogens (tertiary/aromatic N) is 5. The average Bonchev–Trinajstić information content (AvgIpc) is 3.24. The molecule has 37 heavy (non-hydrogen) atoms. The van der Waals surface area contributed by atoms with E-state index in [2.05, 4.69) is 25.0 Å². The van der Waals surface area contributed by atoms with E-state index in [1.807, 2.05) is 4.57 Å². The van der Waals surface area contributed by atoms with Crippen LogP contribution in [0.3, 0.4) is 0 Å². The van der Waals surface area contributed by atoms with Crippen LogP contribution in [0.5, 0.6) is 17.5 Å². The van der Waals surface area contributed by atoms with Crippen LogP contribution in [-0.2, 0) is 13.1 Å². The number of rotatable bonds is 7. The van der Waals surface area contributed by atoms with Gasteiger partial charge in [0.25, 0.3) is 6.01 Å². The molecule has 3 atom stereocenters. The summed E-state index contributed by atoms with van der Waals surface area (Å²) >= 11 is 0. The largest absolute Gasteiger partial charge is 0.573 e. The zero-order valence-corrected chi connectivity index (χ0v) is 19.6. The minimum Gasteiger partial charge on any atom is -0.487 e. The third-order valence-corrected chi connectivity index (χ3v) is 5.99. The first kappa shape index (κ1) is 24.9. The molecule has 2 aliphatic heterocycles. The number of anilines is 2. The highest BCUT2D eigenvalue weighted by Crippen LogP contribution is 2.27. The van der Waals surface area contributed by atoms with E-state index in [1.165, 1.54) is 12.1 Å². The van der Waals surface area contributed by atoms with Gasteiger partial charge in [0.05, 0.1) is 18.8 Å². The number of aromatic nitrogens is 4. The Morgan fingerprint density at radius 3 is 2.54 bits per heavy atom. The predicted octanol–water partition coefficient (Wildman–Crippen LogP) is 2.70. The maximum Gasteiger partial charge on any atom is 0.573 e. The van der Waals surface area contributed by atoms with Gasteiger partial charge in [0.2, 0.25) is 5.95 Å². The van der Waals surface area contributed by atoms with Crippen molar-refractivity contribution >= 4 is 11.8 Å². The molecule has 1 aromatic carbocycles. The van der Waals surface area contributed by atoms with Gasteiger partial charge in [-0.05, 0) is 24.3 Å². The first-order valence-corrected chi connectivity index (χ1v) is 11.6. The van der Waals surface area contributed by atoms with Gasteiger partial charge in [0.1, 0.15) is 30.0 Å². The van der Waals surface area contributed by atoms with Gasteiger partial charge in [0, 0.05) is 44.0 Å². The highest BCUT2D eigenvalue weighted by atomic mass is 19.4. The van der Waals surface area contributed by atoms with Crippen molar-refractivity contribution in [3.8, 4) is 17.5 Å². The molecule has 2 unspecified atom stereocenters. The lowest BCUT2D eigenvalue weighted by atomic mass is 10.1. The van der Waals surface area contributed by atoms with Crippen molar-refractivity contribution in [1.29, 1.82) is 0 Å². The molecule has 5 rings (SSSR count). The van der Waals surface area contributed by atoms with Crippen LogP contribution in [0.25, 0.3) is 0 Å². The Hall–Kier alpha value is -3.81. The number of halogens is 4. The molecule has 0 bridgehead atoms. The number of alkyl halides is 4. The Morgan fingerprint density at radius 2 is 1.84 bits per heavy atom. The summed E-state index contributed by atoms with van der Waals surface area (Å²) in [7, 11) is 0. The molecule has 0 aliphatic carbocycles. The fraction of sp³-hybridized carbons (Fsp3) is 0.435. The summed E-state index contributed by atoms with van der Waals surface area (Å²) in [6.45, 7) is 2.18. The van der Waals surface area contributed by atoms with E-state index in [4.69, 9.17) is 15.2 Å². The highest BCUT2D eigenvalue weighted by molar-refractivity contribution is 5.34. The van der Waals surface area contributed by atoms with Crippen LogP contribution in [0, 0.1) is 0 Å². The topological polar surface area (TPSA) is 113 Å². The van der Waals surface area contributed by atoms with Crippen molar-refractivity contribution in [2.45, 2.75) is 44.2 Å². The van der Waals surface area contributed by atoms with Crippen molar-refractivity contribution < 1.29 is 31.8 Å². The monoisotopic (exact) mass is 523 g/mol. The second kappa shape index (κ2) is 10.3. The number of benzene rings is 1. The molecule has 3 aromatic rings. The van der Waals surface area contributed by atoms with E-state index in [0.717, 1.165) is 17.7 Å². The molecule has 0 saturated carbocycles. The number of piperidine rings is 1. The molecule has 1 saturated heterocycles. The summed E-state index contributed by atoms with van der Waals surface area (Å²) in [5, 5.41) is 3.39. The van der Waals surface area contributed by atoms with Crippen LogP contribution in [0.4, 0.5) is 29.3 Å². The van der Waals surface area contributed by atoms with Crippen molar-refractivity contribution in [1.82, 2.24) is 24.8 Å². The molecule has 2 aromatic heterocycles. The Bertz CT molecular complexity index is 1190. The van der Waals surface area contributed by atoms with Gasteiger partial charge in [-0.15, -0.1) is 13.2 Å². The summed E-state index contributed by atoms with van der Waals surface area (Å²) in [6.07, 6.45) is -1.37. The number of hydrogen-bond donors (Lipinski definition) is 2. The summed E-state index contributed by atoms with van der Waals surface area (Å²) in [5.41, 5.74) is 6.57. The van der Waals surface area contributed by atoms with Crippen molar-refractivity contribution in [3.05, 3.63) is 48.4 Å². The number of imidazole rings is 1. The lowest BCUT2D eigenvalue weighted by Crippen LogP contribution is -2.47. The number of hydrogen-bond acceptors (Lipinski definition) is 9. The van der Waals surface area contributed by atoms with Gasteiger partial charge in [0.15, 0.2) is 6.17 Å². The van der Waals surface area contributed by atoms with Crippen LogP contribution in [0.15, 0.2) is 42.9 Å². The van der Waals surface area contributed by atoms with Crippen molar-refractivity contribution in [3.63, 3.8) is 0 Å². The third-order valence-electron chi connectivity index (χ3n) is 5.99. The van der Waals surface area contributed by atoms with Crippen LogP contribution in [0.2, 0.25) is 0 Å². The van der Waals surface area contributed by atoms with Crippen LogP contribution in [0.1, 0.15) is 12.0 Å². The molecule has 3 N–H and O–H groups in total. The summed E-state index contributed by atoms with van der Waals surface area (Å²) in [5.74, 6) is 0.726. The minimum atomic E-state index is -4.78. The Morgan fingerprint density at radius 1 is 1.11 bits per heavy atom. The maximum atomic E-state index is 14.9. The first-order chi connectivity index (χ1) is 17.7. The number of nitrogens with two attached hydrogens (primary N) is 1. The lowest BCUT2D eigenvalue weighted by molar-refractivity contribution is -0.274. The molecule has 14 heteroatoms. The Balaban J connectivity index is 1.09. The normalized spacial score (nSPS) is 21.7. The summed E-state index contributed by atoms with van der Waals surface area (Å²) in [4.78, 5) is 14.6. The third kappa shape index (κ3) is 6.31. The van der Waals surface area contributed by atoms with Gasteiger partial charge < -0.3 is 30.2 Å². The lowest BCUT2D eigenvalue weighted by Gasteiger charge is -2.34. The highest BCUT2D eigenvalue weighted by Gasteiger charge is 2.33. The van der Waals surface area contributed by atoms with Crippen LogP contribution in [-0.4, -0.2) is 63.9 Å². The van der Waals surface area contributed by atoms with Gasteiger partial charge in [-0.1, -0.05) is 0 Å². The van der Waals surface area contributed by atoms with E-state index in [1.54, 1.807) is 23.5 Å². The number of nitrogen functional groups attached to an aromatic ring is 1. The van der Waals surface area contributed by atoms with E-state index in [9.17, 15) is 17.6 Å². The van der Waals surface area contributed by atoms with Crippen molar-refractivity contribution in [2.24, 2.45) is 0 Å². The number of ether oxygens (including phenoxy) is 3. The SMILES string of the molecule is Nc1cn2c(n1)OC[C@@H](NCc1cnc(N3CCC(Oc4ccc(OC(F)(F)F)cc4)C(F)C3)nc1)C2. The molecular formula is C23H25F4N7O3. The second-order valence-electron chi connectivity index (χ2n) is 8.81. The fourth-order valence-corrected chi connectivity index (χ4v) is 4.21. The van der Waals surface area contributed by atoms with Crippen LogP contribution >= 0.6 is 0 Å². The standard InChI is InChI=1S/C23H25F4N7O3/c24-18-11-33(6-5-19(18)36-16-1-3-17(4-2-16)37-23(25,26)27)21-30-8-14(9-31-21)7-29-15-10-34-12-20(28)32-22(34)35-13-15/h1-4,8-9,12,15,18-19,29H,5-7,10-11,13,28H2/t15-,18?,19?/m0/s1. The van der Waals surface area contributed by atoms with E-state index in [-0.39, 0.29) is 24.1 Å². The Kier molecular flexibility index (Phi) is 6.91. The molecule has 1 fully saturated rings.